The molecule has 3 aromatic rings. The number of carboxylic acids is 1. The van der Waals surface area contributed by atoms with E-state index < -0.39 is 23.6 Å². The minimum atomic E-state index is -1.09. The van der Waals surface area contributed by atoms with E-state index in [0.29, 0.717) is 43.8 Å². The number of allylic oxidation sites excluding steroid dienone is 1. The first-order valence-electron chi connectivity index (χ1n) is 19.7. The number of benzene rings is 1. The second-order valence-corrected chi connectivity index (χ2v) is 15.8. The number of carbonyl (C=O) groups is 1. The number of unbranched alkanes of at least 4 members (excludes halogenated alkanes) is 4. The number of hydrogen-bond acceptors (Lipinski definition) is 7. The number of H-pyrrole nitrogens is 1. The molecule has 1 aromatic carbocycles. The average Bonchev–Trinajstić information content (AvgIpc) is 3.70. The van der Waals surface area contributed by atoms with E-state index in [1.807, 2.05) is 30.3 Å². The van der Waals surface area contributed by atoms with Gasteiger partial charge < -0.3 is 36.3 Å². The molecule has 9 nitrogen and oxygen atoms in total. The van der Waals surface area contributed by atoms with Crippen LogP contribution in [0.4, 0.5) is 5.82 Å². The van der Waals surface area contributed by atoms with Crippen molar-refractivity contribution in [2.75, 3.05) is 5.73 Å². The molecule has 2 aliphatic rings. The van der Waals surface area contributed by atoms with Gasteiger partial charge in [0, 0.05) is 23.5 Å². The van der Waals surface area contributed by atoms with Gasteiger partial charge in [-0.05, 0) is 117 Å². The molecule has 0 amide bonds. The number of nitrogens with zero attached hydrogens (tertiary/aromatic N) is 1. The van der Waals surface area contributed by atoms with Crippen LogP contribution in [0.25, 0.3) is 11.3 Å². The number of aliphatic hydroxyl groups excluding tert-OH is 2. The highest BCUT2D eigenvalue weighted by atomic mass is 16.4. The summed E-state index contributed by atoms with van der Waals surface area (Å²) in [4.78, 5) is 19.9. The van der Waals surface area contributed by atoms with Crippen molar-refractivity contribution in [3.05, 3.63) is 78.1 Å². The topological polar surface area (TPSA) is 176 Å². The lowest BCUT2D eigenvalue weighted by molar-refractivity contribution is -0.268. The smallest absolute Gasteiger partial charge is 0.309 e. The van der Waals surface area contributed by atoms with E-state index in [4.69, 9.17) is 5.73 Å². The molecule has 284 valence electrons. The first-order chi connectivity index (χ1) is 25.0. The minimum Gasteiger partial charge on any atom is -0.872 e. The highest BCUT2D eigenvalue weighted by molar-refractivity contribution is 5.70. The van der Waals surface area contributed by atoms with Gasteiger partial charge in [0.05, 0.1) is 23.7 Å². The largest absolute Gasteiger partial charge is 0.872 e. The third-order valence-electron chi connectivity index (χ3n) is 11.8. The molecule has 1 fully saturated rings. The number of hydrogen-bond donors (Lipinski definition) is 6. The Labute approximate surface area is 309 Å². The molecule has 0 spiro atoms. The van der Waals surface area contributed by atoms with E-state index >= 15 is 0 Å². The van der Waals surface area contributed by atoms with Gasteiger partial charge in [0.25, 0.3) is 0 Å². The Balaban J connectivity index is 1.15. The van der Waals surface area contributed by atoms with E-state index in [1.54, 1.807) is 18.3 Å². The molecule has 5 rings (SSSR count). The molecule has 0 bridgehead atoms. The highest BCUT2D eigenvalue weighted by Crippen LogP contribution is 2.46. The maximum absolute atomic E-state index is 12.3. The molecule has 2 heterocycles. The Morgan fingerprint density at radius 1 is 1.02 bits per heavy atom. The second-order valence-electron chi connectivity index (χ2n) is 15.8. The van der Waals surface area contributed by atoms with Crippen LogP contribution in [0.3, 0.4) is 0 Å². The molecule has 0 aliphatic heterocycles. The lowest BCUT2D eigenvalue weighted by Crippen LogP contribution is -2.37. The van der Waals surface area contributed by atoms with Gasteiger partial charge >= 0.3 is 5.97 Å². The molecule has 2 aromatic heterocycles. The first kappa shape index (κ1) is 39.5. The van der Waals surface area contributed by atoms with Crippen LogP contribution in [-0.2, 0) is 17.6 Å². The number of aromatic nitrogens is 2. The molecule has 52 heavy (non-hydrogen) atoms. The zero-order chi connectivity index (χ0) is 37.1. The molecular formula is C43H60N3O6-. The summed E-state index contributed by atoms with van der Waals surface area (Å²) in [6.45, 7) is 2.20. The van der Waals surface area contributed by atoms with Crippen LogP contribution in [0.2, 0.25) is 0 Å². The standard InChI is InChI=1S/C43H61N3O6/c1-2-3-5-9-29-14-15-32(40(49)24-29)10-6-4-7-13-37(42(50)51)39(48)18-20-43(52)28-31(22-30-19-21-45-41(44)25-30)23-34(43)27-35-16-17-38(46-35)33-11-8-12-36(47)26-33/h8,11-12,14-17,19,21,25-26,29,31-32,34,37,39-40,46-49,52H,2-7,9-10,13,18,20,22-24,27-28H2,1H3,(H2,44,45)(H,50,51)/p-1. The quantitative estimate of drug-likeness (QED) is 0.0526. The van der Waals surface area contributed by atoms with Crippen molar-refractivity contribution < 1.29 is 30.3 Å². The van der Waals surface area contributed by atoms with Crippen LogP contribution in [0, 0.1) is 29.6 Å². The zero-order valence-corrected chi connectivity index (χ0v) is 30.8. The molecule has 9 heteroatoms. The van der Waals surface area contributed by atoms with Crippen molar-refractivity contribution in [1.29, 1.82) is 0 Å². The Hall–Kier alpha value is -3.66. The van der Waals surface area contributed by atoms with Gasteiger partial charge in [0.15, 0.2) is 0 Å². The maximum Gasteiger partial charge on any atom is 0.309 e. The number of rotatable bonds is 20. The van der Waals surface area contributed by atoms with E-state index in [1.165, 1.54) is 25.3 Å². The fourth-order valence-corrected chi connectivity index (χ4v) is 8.87. The van der Waals surface area contributed by atoms with Crippen LogP contribution < -0.4 is 10.8 Å². The summed E-state index contributed by atoms with van der Waals surface area (Å²) in [5, 5.41) is 56.2. The van der Waals surface area contributed by atoms with E-state index in [2.05, 4.69) is 29.0 Å². The lowest BCUT2D eigenvalue weighted by Gasteiger charge is -2.32. The van der Waals surface area contributed by atoms with E-state index in [0.717, 1.165) is 67.5 Å². The predicted molar refractivity (Wildman–Crippen MR) is 203 cm³/mol. The summed E-state index contributed by atoms with van der Waals surface area (Å²) < 4.78 is 0. The van der Waals surface area contributed by atoms with Gasteiger partial charge in [-0.2, -0.15) is 0 Å². The maximum atomic E-state index is 12.3. The summed E-state index contributed by atoms with van der Waals surface area (Å²) in [7, 11) is 0. The van der Waals surface area contributed by atoms with Crippen molar-refractivity contribution in [2.24, 2.45) is 29.6 Å². The normalized spacial score (nSPS) is 25.7. The summed E-state index contributed by atoms with van der Waals surface area (Å²) >= 11 is 0. The van der Waals surface area contributed by atoms with Crippen molar-refractivity contribution >= 4 is 11.8 Å². The highest BCUT2D eigenvalue weighted by Gasteiger charge is 2.46. The molecule has 8 atom stereocenters. The van der Waals surface area contributed by atoms with Crippen molar-refractivity contribution in [3.63, 3.8) is 0 Å². The molecule has 0 radical (unpaired) electrons. The van der Waals surface area contributed by atoms with Crippen LogP contribution in [-0.4, -0.2) is 54.2 Å². The number of nitrogens with two attached hydrogens (primary N) is 1. The molecule has 2 aliphatic carbocycles. The third-order valence-corrected chi connectivity index (χ3v) is 11.8. The van der Waals surface area contributed by atoms with Gasteiger partial charge in [0.2, 0.25) is 0 Å². The zero-order valence-electron chi connectivity index (χ0n) is 30.8. The summed E-state index contributed by atoms with van der Waals surface area (Å²) in [5.41, 5.74) is 8.53. The van der Waals surface area contributed by atoms with Gasteiger partial charge in [-0.15, -0.1) is 5.75 Å². The molecule has 1 saturated carbocycles. The van der Waals surface area contributed by atoms with Crippen molar-refractivity contribution in [3.8, 4) is 17.0 Å². The van der Waals surface area contributed by atoms with Crippen molar-refractivity contribution in [1.82, 2.24) is 9.97 Å². The number of anilines is 1. The number of nitrogens with one attached hydrogen (secondary N) is 1. The molecule has 0 saturated heterocycles. The Morgan fingerprint density at radius 2 is 1.85 bits per heavy atom. The number of nitrogen functional groups attached to an aromatic ring is 1. The van der Waals surface area contributed by atoms with Crippen LogP contribution in [0.1, 0.15) is 108 Å². The van der Waals surface area contributed by atoms with E-state index in [9.17, 15) is 30.3 Å². The third kappa shape index (κ3) is 11.2. The predicted octanol–water partition coefficient (Wildman–Crippen LogP) is 7.20. The molecule has 8 unspecified atom stereocenters. The minimum absolute atomic E-state index is 0.0561. The Bertz CT molecular complexity index is 1590. The number of aliphatic hydroxyl groups is 3. The Kier molecular flexibility index (Phi) is 14.4. The number of aliphatic carboxylic acids is 1. The van der Waals surface area contributed by atoms with Crippen LogP contribution in [0.15, 0.2) is 66.9 Å². The fraction of sp³-hybridized carbons (Fsp3) is 0.581. The lowest BCUT2D eigenvalue weighted by atomic mass is 9.80. The summed E-state index contributed by atoms with van der Waals surface area (Å²) in [5.74, 6) is -0.803. The van der Waals surface area contributed by atoms with E-state index in [-0.39, 0.29) is 36.0 Å². The molecule has 7 N–H and O–H groups in total. The first-order valence-corrected chi connectivity index (χ1v) is 19.7. The number of aromatic amines is 1. The second kappa shape index (κ2) is 18.9. The SMILES string of the molecule is CCCCCC1C=CC(CCCCCC(C(=O)O)C(O)CCC2(O)CC(Cc3ccnc(N)c3)CC2Cc2ccc(-c3cccc([O-])c3)[nH]2)C(O)C1. The molecular weight excluding hydrogens is 654 g/mol. The van der Waals surface area contributed by atoms with Crippen LogP contribution in [0.5, 0.6) is 5.75 Å². The number of carboxylic acid groups (broad SMARTS) is 1. The van der Waals surface area contributed by atoms with Crippen molar-refractivity contribution in [2.45, 2.75) is 127 Å². The monoisotopic (exact) mass is 714 g/mol. The van der Waals surface area contributed by atoms with Gasteiger partial charge in [-0.1, -0.05) is 81.9 Å². The van der Waals surface area contributed by atoms with Gasteiger partial charge in [-0.3, -0.25) is 4.79 Å². The van der Waals surface area contributed by atoms with Crippen LogP contribution >= 0.6 is 0 Å². The van der Waals surface area contributed by atoms with Gasteiger partial charge in [0.1, 0.15) is 5.82 Å². The average molecular weight is 715 g/mol. The fourth-order valence-electron chi connectivity index (χ4n) is 8.87. The summed E-state index contributed by atoms with van der Waals surface area (Å²) in [6.07, 6.45) is 17.2. The number of pyridine rings is 1. The van der Waals surface area contributed by atoms with Gasteiger partial charge in [-0.25, -0.2) is 4.98 Å². The summed E-state index contributed by atoms with van der Waals surface area (Å²) in [6, 6.07) is 14.5. The Morgan fingerprint density at radius 3 is 2.60 bits per heavy atom.